The first-order valence-corrected chi connectivity index (χ1v) is 7.60. The Morgan fingerprint density at radius 1 is 1.35 bits per heavy atom. The molecule has 0 aliphatic rings. The van der Waals surface area contributed by atoms with Gasteiger partial charge in [0.25, 0.3) is 5.91 Å². The third kappa shape index (κ3) is 3.76. The molecule has 1 heterocycles. The van der Waals surface area contributed by atoms with Crippen LogP contribution < -0.4 is 5.32 Å². The molecule has 0 aliphatic heterocycles. The van der Waals surface area contributed by atoms with Crippen LogP contribution in [0.2, 0.25) is 0 Å². The van der Waals surface area contributed by atoms with E-state index in [1.807, 2.05) is 12.1 Å². The summed E-state index contributed by atoms with van der Waals surface area (Å²) in [6.07, 6.45) is -0.0805. The van der Waals surface area contributed by atoms with Crippen molar-refractivity contribution in [2.24, 2.45) is 0 Å². The number of rotatable bonds is 4. The predicted molar refractivity (Wildman–Crippen MR) is 85.3 cm³/mol. The first kappa shape index (κ1) is 14.9. The molecule has 2 N–H and O–H groups in total. The van der Waals surface area contributed by atoms with E-state index >= 15 is 0 Å². The highest BCUT2D eigenvalue weighted by atomic mass is 127. The zero-order valence-corrected chi connectivity index (χ0v) is 13.5. The summed E-state index contributed by atoms with van der Waals surface area (Å²) in [6, 6.07) is 7.16. The number of aliphatic carboxylic acids is 1. The number of aryl methyl sites for hydroxylation is 1. The molecule has 0 aliphatic carbocycles. The van der Waals surface area contributed by atoms with Crippen LogP contribution in [0.1, 0.15) is 20.9 Å². The zero-order valence-electron chi connectivity index (χ0n) is 10.5. The quantitative estimate of drug-likeness (QED) is 0.771. The van der Waals surface area contributed by atoms with Crippen molar-refractivity contribution >= 4 is 50.9 Å². The van der Waals surface area contributed by atoms with E-state index in [0.29, 0.717) is 21.3 Å². The summed E-state index contributed by atoms with van der Waals surface area (Å²) in [4.78, 5) is 27.5. The highest BCUT2D eigenvalue weighted by Gasteiger charge is 2.13. The van der Waals surface area contributed by atoms with Gasteiger partial charge in [0.05, 0.1) is 12.1 Å². The summed E-state index contributed by atoms with van der Waals surface area (Å²) in [5, 5.41) is 11.9. The van der Waals surface area contributed by atoms with Crippen LogP contribution in [0.15, 0.2) is 24.3 Å². The van der Waals surface area contributed by atoms with Crippen molar-refractivity contribution in [3.63, 3.8) is 0 Å². The Bertz CT molecular complexity index is 652. The zero-order chi connectivity index (χ0) is 14.7. The molecule has 0 fully saturated rings. The summed E-state index contributed by atoms with van der Waals surface area (Å²) in [7, 11) is 0. The maximum absolute atomic E-state index is 12.0. The number of nitrogens with zero attached hydrogens (tertiary/aromatic N) is 1. The lowest BCUT2D eigenvalue weighted by molar-refractivity contribution is -0.136. The molecule has 0 unspecified atom stereocenters. The summed E-state index contributed by atoms with van der Waals surface area (Å²) >= 11 is 3.35. The minimum Gasteiger partial charge on any atom is -0.481 e. The number of nitrogens with one attached hydrogen (secondary N) is 1. The minimum absolute atomic E-state index is 0.0805. The number of aromatic nitrogens is 1. The van der Waals surface area contributed by atoms with Gasteiger partial charge in [0, 0.05) is 14.0 Å². The fourth-order valence-corrected chi connectivity index (χ4v) is 2.86. The van der Waals surface area contributed by atoms with E-state index < -0.39 is 5.97 Å². The van der Waals surface area contributed by atoms with Crippen molar-refractivity contribution in [2.75, 3.05) is 5.32 Å². The van der Waals surface area contributed by atoms with Crippen molar-refractivity contribution in [1.82, 2.24) is 4.98 Å². The van der Waals surface area contributed by atoms with Gasteiger partial charge in [-0.05, 0) is 53.8 Å². The first-order chi connectivity index (χ1) is 9.45. The van der Waals surface area contributed by atoms with Crippen LogP contribution in [0, 0.1) is 10.5 Å². The molecular weight excluding hydrogens is 391 g/mol. The number of hydrogen-bond acceptors (Lipinski definition) is 4. The average molecular weight is 402 g/mol. The lowest BCUT2D eigenvalue weighted by Crippen LogP contribution is -2.11. The second-order valence-corrected chi connectivity index (χ2v) is 6.39. The number of carbonyl (C=O) groups excluding carboxylic acids is 1. The van der Waals surface area contributed by atoms with E-state index in [1.165, 1.54) is 11.3 Å². The second-order valence-electron chi connectivity index (χ2n) is 4.06. The smallest absolute Gasteiger partial charge is 0.308 e. The second kappa shape index (κ2) is 6.31. The third-order valence-corrected chi connectivity index (χ3v) is 4.32. The number of carboxylic acids is 1. The van der Waals surface area contributed by atoms with Gasteiger partial charge < -0.3 is 5.11 Å². The normalized spacial score (nSPS) is 10.3. The van der Waals surface area contributed by atoms with Crippen LogP contribution in [0.3, 0.4) is 0 Å². The Kier molecular flexibility index (Phi) is 4.71. The number of hydrogen-bond donors (Lipinski definition) is 2. The molecule has 20 heavy (non-hydrogen) atoms. The maximum atomic E-state index is 12.0. The monoisotopic (exact) mass is 402 g/mol. The third-order valence-electron chi connectivity index (χ3n) is 2.53. The molecule has 1 aromatic carbocycles. The molecule has 2 rings (SSSR count). The summed E-state index contributed by atoms with van der Waals surface area (Å²) in [6.45, 7) is 1.73. The van der Waals surface area contributed by atoms with Crippen molar-refractivity contribution in [3.8, 4) is 0 Å². The molecular formula is C13H11IN2O3S. The summed E-state index contributed by atoms with van der Waals surface area (Å²) < 4.78 is 1.05. The van der Waals surface area contributed by atoms with Gasteiger partial charge in [0.1, 0.15) is 0 Å². The number of carboxylic acid groups (broad SMARTS) is 1. The lowest BCUT2D eigenvalue weighted by Gasteiger charge is -2.01. The fraction of sp³-hybridized carbons (Fsp3) is 0.154. The largest absolute Gasteiger partial charge is 0.481 e. The molecule has 5 nitrogen and oxygen atoms in total. The highest BCUT2D eigenvalue weighted by Crippen LogP contribution is 2.23. The molecule has 0 radical (unpaired) electrons. The van der Waals surface area contributed by atoms with Gasteiger partial charge in [0.2, 0.25) is 0 Å². The summed E-state index contributed by atoms with van der Waals surface area (Å²) in [5.41, 5.74) is 1.17. The van der Waals surface area contributed by atoms with Crippen LogP contribution in [0.4, 0.5) is 5.13 Å². The number of carbonyl (C=O) groups is 2. The highest BCUT2D eigenvalue weighted by molar-refractivity contribution is 14.1. The SMILES string of the molecule is Cc1nc(NC(=O)c2ccc(I)cc2)sc1CC(=O)O. The standard InChI is InChI=1S/C13H11IN2O3S/c1-7-10(6-11(17)18)20-13(15-7)16-12(19)8-2-4-9(14)5-3-8/h2-5H,6H2,1H3,(H,17,18)(H,15,16,19). The van der Waals surface area contributed by atoms with Gasteiger partial charge in [-0.2, -0.15) is 0 Å². The van der Waals surface area contributed by atoms with Gasteiger partial charge in [0.15, 0.2) is 5.13 Å². The van der Waals surface area contributed by atoms with Crippen molar-refractivity contribution < 1.29 is 14.7 Å². The molecule has 0 atom stereocenters. The molecule has 0 spiro atoms. The van der Waals surface area contributed by atoms with E-state index in [2.05, 4.69) is 32.9 Å². The maximum Gasteiger partial charge on any atom is 0.308 e. The molecule has 1 aromatic heterocycles. The molecule has 0 bridgehead atoms. The van der Waals surface area contributed by atoms with E-state index in [4.69, 9.17) is 5.11 Å². The molecule has 2 aromatic rings. The Morgan fingerprint density at radius 2 is 2.00 bits per heavy atom. The Labute approximate surface area is 133 Å². The summed E-state index contributed by atoms with van der Waals surface area (Å²) in [5.74, 6) is -1.16. The number of anilines is 1. The number of thiazole rings is 1. The molecule has 7 heteroatoms. The van der Waals surface area contributed by atoms with Crippen molar-refractivity contribution in [1.29, 1.82) is 0 Å². The molecule has 0 saturated heterocycles. The van der Waals surface area contributed by atoms with E-state index in [9.17, 15) is 9.59 Å². The van der Waals surface area contributed by atoms with E-state index in [1.54, 1.807) is 19.1 Å². The van der Waals surface area contributed by atoms with E-state index in [-0.39, 0.29) is 12.3 Å². The van der Waals surface area contributed by atoms with Gasteiger partial charge in [-0.15, -0.1) is 11.3 Å². The Morgan fingerprint density at radius 3 is 2.60 bits per heavy atom. The molecule has 0 saturated carbocycles. The Balaban J connectivity index is 2.12. The van der Waals surface area contributed by atoms with E-state index in [0.717, 1.165) is 3.57 Å². The average Bonchev–Trinajstić information content (AvgIpc) is 2.69. The van der Waals surface area contributed by atoms with Gasteiger partial charge in [-0.3, -0.25) is 14.9 Å². The predicted octanol–water partition coefficient (Wildman–Crippen LogP) is 2.94. The van der Waals surface area contributed by atoms with Crippen LogP contribution in [-0.4, -0.2) is 22.0 Å². The van der Waals surface area contributed by atoms with Gasteiger partial charge in [-0.1, -0.05) is 0 Å². The van der Waals surface area contributed by atoms with Crippen molar-refractivity contribution in [2.45, 2.75) is 13.3 Å². The van der Waals surface area contributed by atoms with Crippen molar-refractivity contribution in [3.05, 3.63) is 44.0 Å². The van der Waals surface area contributed by atoms with Crippen LogP contribution in [-0.2, 0) is 11.2 Å². The first-order valence-electron chi connectivity index (χ1n) is 5.70. The van der Waals surface area contributed by atoms with Crippen LogP contribution in [0.5, 0.6) is 0 Å². The number of amides is 1. The minimum atomic E-state index is -0.910. The van der Waals surface area contributed by atoms with Crippen LogP contribution in [0.25, 0.3) is 0 Å². The fourth-order valence-electron chi connectivity index (χ4n) is 1.55. The number of benzene rings is 1. The lowest BCUT2D eigenvalue weighted by atomic mass is 10.2. The molecule has 104 valence electrons. The van der Waals surface area contributed by atoms with Gasteiger partial charge in [-0.25, -0.2) is 4.98 Å². The van der Waals surface area contributed by atoms with Crippen LogP contribution >= 0.6 is 33.9 Å². The van der Waals surface area contributed by atoms with Gasteiger partial charge >= 0.3 is 5.97 Å². The topological polar surface area (TPSA) is 79.3 Å². The molecule has 1 amide bonds. The Hall–Kier alpha value is -1.48. The number of halogens is 1.